The number of ether oxygens (including phenoxy) is 2. The molecule has 0 fully saturated rings. The maximum atomic E-state index is 13.5. The van der Waals surface area contributed by atoms with E-state index in [1.54, 1.807) is 49.6 Å². The first kappa shape index (κ1) is 16.7. The van der Waals surface area contributed by atoms with Crippen LogP contribution in [0, 0.1) is 5.82 Å². The van der Waals surface area contributed by atoms with Gasteiger partial charge in [-0.05, 0) is 48.9 Å². The van der Waals surface area contributed by atoms with E-state index in [2.05, 4.69) is 5.10 Å². The van der Waals surface area contributed by atoms with Crippen LogP contribution in [0.5, 0.6) is 11.6 Å². The third-order valence-corrected chi connectivity index (χ3v) is 3.67. The number of benzene rings is 2. The molecule has 6 heteroatoms. The molecule has 0 saturated heterocycles. The fraction of sp³-hybridized carbons (Fsp3) is 0.158. The fourth-order valence-corrected chi connectivity index (χ4v) is 2.33. The van der Waals surface area contributed by atoms with Crippen molar-refractivity contribution in [1.82, 2.24) is 9.78 Å². The zero-order chi connectivity index (χ0) is 17.8. The Labute approximate surface area is 144 Å². The van der Waals surface area contributed by atoms with Crippen LogP contribution in [-0.2, 0) is 6.42 Å². The Hall–Kier alpha value is -3.15. The lowest BCUT2D eigenvalue weighted by molar-refractivity contribution is 0.0723. The van der Waals surface area contributed by atoms with Crippen molar-refractivity contribution < 1.29 is 18.7 Å². The number of esters is 1. The normalized spacial score (nSPS) is 10.5. The maximum Gasteiger partial charge on any atom is 0.344 e. The monoisotopic (exact) mass is 340 g/mol. The van der Waals surface area contributed by atoms with Gasteiger partial charge in [0.15, 0.2) is 0 Å². The van der Waals surface area contributed by atoms with Crippen LogP contribution in [0.1, 0.15) is 23.0 Å². The van der Waals surface area contributed by atoms with Crippen LogP contribution in [-0.4, -0.2) is 22.9 Å². The van der Waals surface area contributed by atoms with E-state index in [0.717, 1.165) is 5.69 Å². The molecule has 25 heavy (non-hydrogen) atoms. The van der Waals surface area contributed by atoms with Crippen LogP contribution < -0.4 is 9.47 Å². The molecule has 1 heterocycles. The van der Waals surface area contributed by atoms with Crippen molar-refractivity contribution in [2.45, 2.75) is 13.3 Å². The molecule has 0 aliphatic carbocycles. The fourth-order valence-electron chi connectivity index (χ4n) is 2.33. The minimum Gasteiger partial charge on any atom is -0.497 e. The average Bonchev–Trinajstić information content (AvgIpc) is 3.04. The number of carbonyl (C=O) groups excluding carboxylic acids is 1. The second-order valence-corrected chi connectivity index (χ2v) is 5.34. The molecule has 128 valence electrons. The highest BCUT2D eigenvalue weighted by atomic mass is 19.1. The summed E-state index contributed by atoms with van der Waals surface area (Å²) in [5.41, 5.74) is 1.60. The van der Waals surface area contributed by atoms with Gasteiger partial charge in [0.05, 0.1) is 24.1 Å². The first-order valence-electron chi connectivity index (χ1n) is 7.82. The molecule has 3 rings (SSSR count). The molecule has 0 unspecified atom stereocenters. The number of aryl methyl sites for hydroxylation is 1. The van der Waals surface area contributed by atoms with Crippen LogP contribution >= 0.6 is 0 Å². The molecule has 0 bridgehead atoms. The smallest absolute Gasteiger partial charge is 0.344 e. The number of aromatic nitrogens is 2. The Morgan fingerprint density at radius 1 is 1.16 bits per heavy atom. The Kier molecular flexibility index (Phi) is 4.79. The van der Waals surface area contributed by atoms with Gasteiger partial charge < -0.3 is 9.47 Å². The lowest BCUT2D eigenvalue weighted by atomic mass is 10.2. The van der Waals surface area contributed by atoms with Crippen molar-refractivity contribution in [2.75, 3.05) is 7.11 Å². The SMILES string of the molecule is CCc1cc(OC(=O)c2ccc(OC)cc2)n(-c2cccc(F)c2)n1. The summed E-state index contributed by atoms with van der Waals surface area (Å²) in [6.07, 6.45) is 0.662. The van der Waals surface area contributed by atoms with Crippen LogP contribution in [0.4, 0.5) is 4.39 Å². The molecule has 0 N–H and O–H groups in total. The van der Waals surface area contributed by atoms with E-state index in [1.165, 1.54) is 16.8 Å². The standard InChI is InChI=1S/C19H17FN2O3/c1-3-15-12-18(22(21-15)16-6-4-5-14(20)11-16)25-19(23)13-7-9-17(24-2)10-8-13/h4-12H,3H2,1-2H3. The molecule has 0 aliphatic rings. The van der Waals surface area contributed by atoms with Gasteiger partial charge in [-0.15, -0.1) is 0 Å². The summed E-state index contributed by atoms with van der Waals surface area (Å²) in [6.45, 7) is 1.94. The van der Waals surface area contributed by atoms with Gasteiger partial charge in [-0.3, -0.25) is 0 Å². The van der Waals surface area contributed by atoms with Crippen LogP contribution in [0.2, 0.25) is 0 Å². The van der Waals surface area contributed by atoms with E-state index >= 15 is 0 Å². The summed E-state index contributed by atoms with van der Waals surface area (Å²) in [5, 5.41) is 4.37. The molecule has 0 saturated carbocycles. The summed E-state index contributed by atoms with van der Waals surface area (Å²) in [6, 6.07) is 14.2. The Morgan fingerprint density at radius 2 is 1.92 bits per heavy atom. The average molecular weight is 340 g/mol. The zero-order valence-corrected chi connectivity index (χ0v) is 13.9. The van der Waals surface area contributed by atoms with Gasteiger partial charge in [-0.1, -0.05) is 13.0 Å². The quantitative estimate of drug-likeness (QED) is 0.663. The van der Waals surface area contributed by atoms with Gasteiger partial charge in [-0.2, -0.15) is 5.10 Å². The summed E-state index contributed by atoms with van der Waals surface area (Å²) in [7, 11) is 1.55. The highest BCUT2D eigenvalue weighted by Crippen LogP contribution is 2.22. The van der Waals surface area contributed by atoms with Crippen LogP contribution in [0.15, 0.2) is 54.6 Å². The van der Waals surface area contributed by atoms with E-state index < -0.39 is 11.8 Å². The Balaban J connectivity index is 1.91. The predicted molar refractivity (Wildman–Crippen MR) is 90.9 cm³/mol. The molecule has 0 atom stereocenters. The number of methoxy groups -OCH3 is 1. The molecular weight excluding hydrogens is 323 g/mol. The summed E-state index contributed by atoms with van der Waals surface area (Å²) < 4.78 is 25.5. The van der Waals surface area contributed by atoms with E-state index in [4.69, 9.17) is 9.47 Å². The van der Waals surface area contributed by atoms with Crippen molar-refractivity contribution in [3.8, 4) is 17.3 Å². The maximum absolute atomic E-state index is 13.5. The predicted octanol–water partition coefficient (Wildman–Crippen LogP) is 3.80. The Bertz CT molecular complexity index is 888. The lowest BCUT2D eigenvalue weighted by Crippen LogP contribution is -2.11. The second kappa shape index (κ2) is 7.17. The number of hydrogen-bond acceptors (Lipinski definition) is 4. The largest absolute Gasteiger partial charge is 0.497 e. The Morgan fingerprint density at radius 3 is 2.56 bits per heavy atom. The number of halogens is 1. The molecular formula is C19H17FN2O3. The highest BCUT2D eigenvalue weighted by Gasteiger charge is 2.16. The lowest BCUT2D eigenvalue weighted by Gasteiger charge is -2.08. The van der Waals surface area contributed by atoms with E-state index in [9.17, 15) is 9.18 Å². The van der Waals surface area contributed by atoms with Gasteiger partial charge in [0.2, 0.25) is 5.88 Å². The molecule has 3 aromatic rings. The zero-order valence-electron chi connectivity index (χ0n) is 13.9. The highest BCUT2D eigenvalue weighted by molar-refractivity contribution is 5.91. The topological polar surface area (TPSA) is 53.4 Å². The van der Waals surface area contributed by atoms with Crippen LogP contribution in [0.25, 0.3) is 5.69 Å². The van der Waals surface area contributed by atoms with E-state index in [0.29, 0.717) is 23.4 Å². The van der Waals surface area contributed by atoms with Gasteiger partial charge in [0.1, 0.15) is 11.6 Å². The third kappa shape index (κ3) is 3.68. The molecule has 0 aliphatic heterocycles. The van der Waals surface area contributed by atoms with Crippen molar-refractivity contribution in [2.24, 2.45) is 0 Å². The number of rotatable bonds is 5. The van der Waals surface area contributed by atoms with Crippen molar-refractivity contribution in [1.29, 1.82) is 0 Å². The molecule has 0 radical (unpaired) electrons. The number of carbonyl (C=O) groups is 1. The van der Waals surface area contributed by atoms with Gasteiger partial charge in [0.25, 0.3) is 0 Å². The minimum absolute atomic E-state index is 0.239. The molecule has 0 amide bonds. The van der Waals surface area contributed by atoms with Crippen molar-refractivity contribution in [3.05, 3.63) is 71.7 Å². The first-order valence-corrected chi connectivity index (χ1v) is 7.82. The van der Waals surface area contributed by atoms with E-state index in [-0.39, 0.29) is 5.88 Å². The molecule has 1 aromatic heterocycles. The van der Waals surface area contributed by atoms with Gasteiger partial charge in [-0.25, -0.2) is 13.9 Å². The van der Waals surface area contributed by atoms with Crippen molar-refractivity contribution in [3.63, 3.8) is 0 Å². The van der Waals surface area contributed by atoms with Gasteiger partial charge >= 0.3 is 5.97 Å². The summed E-state index contributed by atoms with van der Waals surface area (Å²) in [4.78, 5) is 12.4. The van der Waals surface area contributed by atoms with Gasteiger partial charge in [0, 0.05) is 6.07 Å². The minimum atomic E-state index is -0.525. The second-order valence-electron chi connectivity index (χ2n) is 5.34. The first-order chi connectivity index (χ1) is 12.1. The van der Waals surface area contributed by atoms with Crippen LogP contribution in [0.3, 0.4) is 0 Å². The van der Waals surface area contributed by atoms with E-state index in [1.807, 2.05) is 6.92 Å². The molecule has 2 aromatic carbocycles. The summed E-state index contributed by atoms with van der Waals surface area (Å²) >= 11 is 0. The number of hydrogen-bond donors (Lipinski definition) is 0. The molecule has 5 nitrogen and oxygen atoms in total. The molecule has 0 spiro atoms. The van der Waals surface area contributed by atoms with Crippen molar-refractivity contribution >= 4 is 5.97 Å². The third-order valence-electron chi connectivity index (χ3n) is 3.67. The summed E-state index contributed by atoms with van der Waals surface area (Å²) in [5.74, 6) is -0.0285. The number of nitrogens with zero attached hydrogens (tertiary/aromatic N) is 2.